The molecule has 2 aliphatic heterocycles. The summed E-state index contributed by atoms with van der Waals surface area (Å²) in [6.07, 6.45) is 0.200. The van der Waals surface area contributed by atoms with E-state index < -0.39 is 33.6 Å². The van der Waals surface area contributed by atoms with Crippen molar-refractivity contribution in [3.8, 4) is 5.75 Å². The number of nitrogens with zero attached hydrogens (tertiary/aromatic N) is 1. The zero-order chi connectivity index (χ0) is 21.6. The van der Waals surface area contributed by atoms with E-state index in [2.05, 4.69) is 0 Å². The maximum absolute atomic E-state index is 12.9. The lowest BCUT2D eigenvalue weighted by Crippen LogP contribution is -2.40. The average molecular weight is 448 g/mol. The van der Waals surface area contributed by atoms with E-state index in [1.165, 1.54) is 29.2 Å². The number of phenols is 1. The van der Waals surface area contributed by atoms with E-state index in [9.17, 15) is 28.2 Å². The normalized spacial score (nSPS) is 25.0. The zero-order valence-electron chi connectivity index (χ0n) is 15.7. The lowest BCUT2D eigenvalue weighted by Gasteiger charge is -2.30. The highest BCUT2D eigenvalue weighted by molar-refractivity contribution is 7.91. The summed E-state index contributed by atoms with van der Waals surface area (Å²) in [5, 5.41) is 21.3. The second-order valence-electron chi connectivity index (χ2n) is 7.37. The Morgan fingerprint density at radius 1 is 1.10 bits per heavy atom. The monoisotopic (exact) mass is 447 g/mol. The summed E-state index contributed by atoms with van der Waals surface area (Å²) in [5.41, 5.74) is 0.535. The van der Waals surface area contributed by atoms with Gasteiger partial charge in [-0.15, -0.1) is 0 Å². The van der Waals surface area contributed by atoms with Crippen molar-refractivity contribution < 1.29 is 28.2 Å². The molecule has 2 saturated heterocycles. The maximum Gasteiger partial charge on any atom is 0.295 e. The van der Waals surface area contributed by atoms with Crippen LogP contribution in [0.2, 0.25) is 5.02 Å². The van der Waals surface area contributed by atoms with Gasteiger partial charge in [-0.1, -0.05) is 23.7 Å². The summed E-state index contributed by atoms with van der Waals surface area (Å²) in [6, 6.07) is 10.4. The minimum absolute atomic E-state index is 0.0788. The van der Waals surface area contributed by atoms with Crippen LogP contribution in [0.5, 0.6) is 5.75 Å². The van der Waals surface area contributed by atoms with Crippen molar-refractivity contribution in [2.45, 2.75) is 18.5 Å². The van der Waals surface area contributed by atoms with Crippen LogP contribution < -0.4 is 0 Å². The first-order chi connectivity index (χ1) is 14.2. The maximum atomic E-state index is 12.9. The number of halogens is 1. The molecule has 2 atom stereocenters. The van der Waals surface area contributed by atoms with Gasteiger partial charge in [0.25, 0.3) is 11.7 Å². The van der Waals surface area contributed by atoms with Crippen LogP contribution in [0.1, 0.15) is 23.6 Å². The minimum atomic E-state index is -3.33. The van der Waals surface area contributed by atoms with Crippen molar-refractivity contribution in [1.82, 2.24) is 4.90 Å². The predicted molar refractivity (Wildman–Crippen MR) is 111 cm³/mol. The quantitative estimate of drug-likeness (QED) is 0.425. The molecule has 0 radical (unpaired) electrons. The fourth-order valence-electron chi connectivity index (χ4n) is 4.01. The summed E-state index contributed by atoms with van der Waals surface area (Å²) in [6.45, 7) is 0. The summed E-state index contributed by atoms with van der Waals surface area (Å²) >= 11 is 5.89. The number of rotatable bonds is 3. The molecule has 2 aromatic rings. The van der Waals surface area contributed by atoms with E-state index >= 15 is 0 Å². The molecule has 0 aromatic heterocycles. The molecule has 2 aliphatic rings. The first-order valence-corrected chi connectivity index (χ1v) is 11.4. The summed E-state index contributed by atoms with van der Waals surface area (Å²) < 4.78 is 24.0. The first-order valence-electron chi connectivity index (χ1n) is 9.23. The SMILES string of the molecule is O=C1C(=O)N([C@@H]2CCS(=O)(=O)C2)[C@@H](c2cccc(O)c2)/C1=C(\O)c1ccc(Cl)cc1. The molecule has 2 N–H and O–H groups in total. The Balaban J connectivity index is 1.90. The standard InChI is InChI=1S/C21H18ClNO6S/c22-14-6-4-12(5-7-14)19(25)17-18(13-2-1-3-16(24)10-13)23(21(27)20(17)26)15-8-9-30(28,29)11-15/h1-7,10,15,18,24-25H,8-9,11H2/b19-17+/t15-,18+/m1/s1. The van der Waals surface area contributed by atoms with Crippen LogP contribution in [0, 0.1) is 0 Å². The van der Waals surface area contributed by atoms with E-state index in [0.717, 1.165) is 0 Å². The number of carbonyl (C=O) groups is 2. The fourth-order valence-corrected chi connectivity index (χ4v) is 5.84. The van der Waals surface area contributed by atoms with E-state index in [0.29, 0.717) is 16.1 Å². The molecule has 7 nitrogen and oxygen atoms in total. The summed E-state index contributed by atoms with van der Waals surface area (Å²) in [7, 11) is -3.33. The van der Waals surface area contributed by atoms with Crippen molar-refractivity contribution in [2.24, 2.45) is 0 Å². The summed E-state index contributed by atoms with van der Waals surface area (Å²) in [4.78, 5) is 27.1. The second kappa shape index (κ2) is 7.45. The molecule has 0 unspecified atom stereocenters. The highest BCUT2D eigenvalue weighted by atomic mass is 35.5. The number of phenolic OH excluding ortho intramolecular Hbond substituents is 1. The molecule has 0 saturated carbocycles. The van der Waals surface area contributed by atoms with Crippen LogP contribution in [-0.4, -0.2) is 52.8 Å². The Hall–Kier alpha value is -2.84. The molecule has 0 spiro atoms. The molecular weight excluding hydrogens is 430 g/mol. The van der Waals surface area contributed by atoms with Gasteiger partial charge in [-0.25, -0.2) is 8.42 Å². The van der Waals surface area contributed by atoms with Crippen LogP contribution in [0.15, 0.2) is 54.1 Å². The van der Waals surface area contributed by atoms with Crippen molar-refractivity contribution in [3.63, 3.8) is 0 Å². The molecule has 30 heavy (non-hydrogen) atoms. The first kappa shape index (κ1) is 20.4. The molecule has 2 heterocycles. The van der Waals surface area contributed by atoms with Crippen LogP contribution in [0.4, 0.5) is 0 Å². The number of sulfone groups is 1. The molecule has 9 heteroatoms. The molecule has 156 valence electrons. The average Bonchev–Trinajstić information content (AvgIpc) is 3.18. The number of aliphatic hydroxyl groups excluding tert-OH is 1. The van der Waals surface area contributed by atoms with E-state index in [4.69, 9.17) is 11.6 Å². The molecule has 4 rings (SSSR count). The third-order valence-electron chi connectivity index (χ3n) is 5.39. The Labute approximate surface area is 178 Å². The van der Waals surface area contributed by atoms with Crippen molar-refractivity contribution in [2.75, 3.05) is 11.5 Å². The highest BCUT2D eigenvalue weighted by Gasteiger charge is 2.51. The minimum Gasteiger partial charge on any atom is -0.508 e. The molecule has 0 bridgehead atoms. The van der Waals surface area contributed by atoms with Crippen LogP contribution in [0.25, 0.3) is 5.76 Å². The number of hydrogen-bond donors (Lipinski definition) is 2. The van der Waals surface area contributed by atoms with Crippen LogP contribution >= 0.6 is 11.6 Å². The zero-order valence-corrected chi connectivity index (χ0v) is 17.2. The fraction of sp³-hybridized carbons (Fsp3) is 0.238. The number of likely N-dealkylation sites (tertiary alicyclic amines) is 1. The van der Waals surface area contributed by atoms with Crippen molar-refractivity contribution in [3.05, 3.63) is 70.3 Å². The Bertz CT molecular complexity index is 1170. The van der Waals surface area contributed by atoms with E-state index in [1.807, 2.05) is 0 Å². The lowest BCUT2D eigenvalue weighted by atomic mass is 9.94. The van der Waals surface area contributed by atoms with Crippen molar-refractivity contribution >= 4 is 38.9 Å². The largest absolute Gasteiger partial charge is 0.508 e. The number of aliphatic hydroxyl groups is 1. The van der Waals surface area contributed by atoms with Gasteiger partial charge in [0.2, 0.25) is 0 Å². The van der Waals surface area contributed by atoms with Crippen LogP contribution in [0.3, 0.4) is 0 Å². The van der Waals surface area contributed by atoms with Gasteiger partial charge in [-0.05, 0) is 48.4 Å². The smallest absolute Gasteiger partial charge is 0.295 e. The van der Waals surface area contributed by atoms with Crippen molar-refractivity contribution in [1.29, 1.82) is 0 Å². The van der Waals surface area contributed by atoms with Gasteiger partial charge < -0.3 is 15.1 Å². The Kier molecular flexibility index (Phi) is 5.07. The van der Waals surface area contributed by atoms with Gasteiger partial charge in [0.1, 0.15) is 11.5 Å². The molecule has 2 aromatic carbocycles. The summed E-state index contributed by atoms with van der Waals surface area (Å²) in [5.74, 6) is -2.58. The van der Waals surface area contributed by atoms with E-state index in [-0.39, 0.29) is 35.0 Å². The molecule has 2 fully saturated rings. The number of carbonyl (C=O) groups excluding carboxylic acids is 2. The molecular formula is C21H18ClNO6S. The Morgan fingerprint density at radius 3 is 2.40 bits per heavy atom. The number of benzene rings is 2. The van der Waals surface area contributed by atoms with Gasteiger partial charge in [-0.2, -0.15) is 0 Å². The number of aromatic hydroxyl groups is 1. The molecule has 0 aliphatic carbocycles. The van der Waals surface area contributed by atoms with Gasteiger partial charge in [0, 0.05) is 16.6 Å². The Morgan fingerprint density at radius 2 is 1.80 bits per heavy atom. The van der Waals surface area contributed by atoms with E-state index in [1.54, 1.807) is 24.3 Å². The highest BCUT2D eigenvalue weighted by Crippen LogP contribution is 2.42. The number of amides is 1. The predicted octanol–water partition coefficient (Wildman–Crippen LogP) is 2.65. The van der Waals surface area contributed by atoms with Gasteiger partial charge in [-0.3, -0.25) is 9.59 Å². The number of ketones is 1. The topological polar surface area (TPSA) is 112 Å². The lowest BCUT2D eigenvalue weighted by molar-refractivity contribution is -0.141. The van der Waals surface area contributed by atoms with Gasteiger partial charge in [0.05, 0.1) is 23.1 Å². The second-order valence-corrected chi connectivity index (χ2v) is 10.0. The van der Waals surface area contributed by atoms with Gasteiger partial charge in [0.15, 0.2) is 9.84 Å². The van der Waals surface area contributed by atoms with Gasteiger partial charge >= 0.3 is 0 Å². The number of Topliss-reactive ketones (excluding diaryl/α,β-unsaturated/α-hetero) is 1. The third kappa shape index (κ3) is 3.57. The number of hydrogen-bond acceptors (Lipinski definition) is 6. The van der Waals surface area contributed by atoms with Crippen LogP contribution in [-0.2, 0) is 19.4 Å². The molecule has 1 amide bonds. The third-order valence-corrected chi connectivity index (χ3v) is 7.39.